The molecule has 0 saturated carbocycles. The fraction of sp³-hybridized carbons (Fsp3) is 0.718. The fourth-order valence-corrected chi connectivity index (χ4v) is 6.51. The van der Waals surface area contributed by atoms with E-state index < -0.39 is 145 Å². The van der Waals surface area contributed by atoms with Gasteiger partial charge < -0.3 is 74.0 Å². The second-order valence-corrected chi connectivity index (χ2v) is 16.4. The fourth-order valence-electron chi connectivity index (χ4n) is 6.51. The summed E-state index contributed by atoms with van der Waals surface area (Å²) in [5.41, 5.74) is 11.1. The predicted octanol–water partition coefficient (Wildman–Crippen LogP) is -4.40. The maximum Gasteiger partial charge on any atom is 0.326 e. The molecule has 0 radical (unpaired) electrons. The van der Waals surface area contributed by atoms with E-state index in [1.807, 2.05) is 0 Å². The first-order valence-electron chi connectivity index (χ1n) is 21.0. The zero-order chi connectivity index (χ0) is 49.0. The first-order chi connectivity index (χ1) is 29.8. The molecule has 64 heavy (non-hydrogen) atoms. The van der Waals surface area contributed by atoms with Gasteiger partial charge in [0.05, 0.1) is 31.5 Å². The Balaban J connectivity index is 3.30. The van der Waals surface area contributed by atoms with Crippen LogP contribution in [0.5, 0.6) is 0 Å². The molecule has 1 fully saturated rings. The number of rotatable bonds is 28. The predicted molar refractivity (Wildman–Crippen MR) is 224 cm³/mol. The number of nitrogens with one attached hydrogen (secondary N) is 7. The number of carboxylic acid groups (broad SMARTS) is 3. The van der Waals surface area contributed by atoms with E-state index in [1.165, 1.54) is 27.7 Å². The molecule has 362 valence electrons. The molecule has 0 aromatic heterocycles. The Kier molecular flexibility index (Phi) is 23.9. The smallest absolute Gasteiger partial charge is 0.326 e. The lowest BCUT2D eigenvalue weighted by Gasteiger charge is -2.31. The van der Waals surface area contributed by atoms with Crippen molar-refractivity contribution in [1.29, 1.82) is 0 Å². The second kappa shape index (κ2) is 27.3. The zero-order valence-corrected chi connectivity index (χ0v) is 37.0. The van der Waals surface area contributed by atoms with Crippen LogP contribution in [0.2, 0.25) is 0 Å². The Morgan fingerprint density at radius 1 is 0.656 bits per heavy atom. The van der Waals surface area contributed by atoms with E-state index in [0.717, 1.165) is 4.90 Å². The van der Waals surface area contributed by atoms with E-state index >= 15 is 0 Å². The Morgan fingerprint density at radius 3 is 1.67 bits per heavy atom. The van der Waals surface area contributed by atoms with Crippen LogP contribution < -0.4 is 48.7 Å². The van der Waals surface area contributed by atoms with Crippen LogP contribution in [0.25, 0.3) is 0 Å². The zero-order valence-electron chi connectivity index (χ0n) is 37.0. The molecule has 0 aliphatic carbocycles. The Morgan fingerprint density at radius 2 is 1.19 bits per heavy atom. The molecule has 1 aliphatic rings. The van der Waals surface area contributed by atoms with Crippen molar-refractivity contribution in [1.82, 2.24) is 42.1 Å². The van der Waals surface area contributed by atoms with Crippen LogP contribution in [-0.4, -0.2) is 165 Å². The Labute approximate surface area is 370 Å². The van der Waals surface area contributed by atoms with Crippen molar-refractivity contribution >= 4 is 65.2 Å². The normalized spacial score (nSPS) is 17.3. The van der Waals surface area contributed by atoms with Gasteiger partial charge >= 0.3 is 17.9 Å². The number of aliphatic hydroxyl groups excluding tert-OH is 1. The molecule has 1 saturated heterocycles. The molecule has 0 aromatic carbocycles. The van der Waals surface area contributed by atoms with Crippen molar-refractivity contribution in [2.75, 3.05) is 19.6 Å². The standard InChI is InChI=1S/C39H66N10O15/c1-18(2)14-25(39(63)64)46-35(59)24(16-29(54)55)45-37(61)30(19(3)4)48-33(57)22(10-7-8-12-40)43-34(58)23(15-28(52)53)44-36(60)26-11-9-13-49(26)38(62)31(21(6)50)47-27(51)17-42-32(56)20(5)41/h18-26,30-31,50H,7-17,40-41H2,1-6H3,(H,42,56)(H,43,58)(H,44,60)(H,45,61)(H,46,59)(H,47,51)(H,48,57)(H,52,53)(H,54,55)(H,63,64)/t20-,21+,22-,23-,24-,25-,26-,30-,31-/m0/s1. The van der Waals surface area contributed by atoms with E-state index in [9.17, 15) is 73.2 Å². The number of hydrogen-bond acceptors (Lipinski definition) is 14. The third kappa shape index (κ3) is 19.2. The topological polar surface area (TPSA) is 408 Å². The third-order valence-electron chi connectivity index (χ3n) is 9.91. The summed E-state index contributed by atoms with van der Waals surface area (Å²) in [6, 6.07) is -11.7. The minimum absolute atomic E-state index is 0.00237. The van der Waals surface area contributed by atoms with E-state index in [2.05, 4.69) is 37.2 Å². The lowest BCUT2D eigenvalue weighted by molar-refractivity contribution is -0.145. The van der Waals surface area contributed by atoms with E-state index in [0.29, 0.717) is 6.42 Å². The van der Waals surface area contributed by atoms with Crippen LogP contribution in [0, 0.1) is 11.8 Å². The molecule has 9 atom stereocenters. The van der Waals surface area contributed by atoms with Crippen LogP contribution in [0.4, 0.5) is 0 Å². The first-order valence-corrected chi connectivity index (χ1v) is 21.0. The van der Waals surface area contributed by atoms with Gasteiger partial charge in [-0.3, -0.25) is 47.9 Å². The van der Waals surface area contributed by atoms with Gasteiger partial charge in [0.1, 0.15) is 42.3 Å². The summed E-state index contributed by atoms with van der Waals surface area (Å²) in [7, 11) is 0. The summed E-state index contributed by atoms with van der Waals surface area (Å²) in [6.07, 6.45) is -2.60. The molecule has 25 nitrogen and oxygen atoms in total. The number of nitrogens with zero attached hydrogens (tertiary/aromatic N) is 1. The SMILES string of the molecule is CC(C)C[C@H](NC(=O)[C@H](CC(=O)O)NC(=O)[C@@H](NC(=O)[C@H](CCCCN)NC(=O)[C@H](CC(=O)O)NC(=O)[C@@H]1CCCN1C(=O)[C@@H](NC(=O)CNC(=O)[C@H](C)N)[C@@H](C)O)C(C)C)C(=O)O. The van der Waals surface area contributed by atoms with Crippen LogP contribution in [0.3, 0.4) is 0 Å². The highest BCUT2D eigenvalue weighted by atomic mass is 16.4. The van der Waals surface area contributed by atoms with Gasteiger partial charge in [0.15, 0.2) is 0 Å². The monoisotopic (exact) mass is 914 g/mol. The first kappa shape index (κ1) is 56.1. The molecular formula is C39H66N10O15. The van der Waals surface area contributed by atoms with Gasteiger partial charge in [0.25, 0.3) is 0 Å². The number of carbonyl (C=O) groups excluding carboxylic acids is 8. The maximum absolute atomic E-state index is 13.8. The Bertz CT molecular complexity index is 1690. The lowest BCUT2D eigenvalue weighted by atomic mass is 10.00. The molecule has 0 bridgehead atoms. The van der Waals surface area contributed by atoms with Crippen molar-refractivity contribution in [3.8, 4) is 0 Å². The summed E-state index contributed by atoms with van der Waals surface area (Å²) < 4.78 is 0. The number of amides is 8. The second-order valence-electron chi connectivity index (χ2n) is 16.4. The van der Waals surface area contributed by atoms with E-state index in [1.54, 1.807) is 13.8 Å². The lowest BCUT2D eigenvalue weighted by Crippen LogP contribution is -2.61. The molecule has 0 unspecified atom stereocenters. The summed E-state index contributed by atoms with van der Waals surface area (Å²) in [4.78, 5) is 142. The maximum atomic E-state index is 13.8. The van der Waals surface area contributed by atoms with Gasteiger partial charge in [0.2, 0.25) is 47.3 Å². The summed E-state index contributed by atoms with van der Waals surface area (Å²) in [5.74, 6) is -12.9. The van der Waals surface area contributed by atoms with Crippen LogP contribution in [0.1, 0.15) is 92.9 Å². The van der Waals surface area contributed by atoms with E-state index in [-0.39, 0.29) is 51.1 Å². The van der Waals surface area contributed by atoms with Crippen molar-refractivity contribution in [3.05, 3.63) is 0 Å². The number of hydrogen-bond donors (Lipinski definition) is 13. The highest BCUT2D eigenvalue weighted by molar-refractivity contribution is 5.99. The highest BCUT2D eigenvalue weighted by Crippen LogP contribution is 2.20. The number of carbonyl (C=O) groups is 11. The highest BCUT2D eigenvalue weighted by Gasteiger charge is 2.41. The van der Waals surface area contributed by atoms with Crippen molar-refractivity contribution in [2.24, 2.45) is 23.3 Å². The summed E-state index contributed by atoms with van der Waals surface area (Å²) in [6.45, 7) is 8.61. The molecule has 25 heteroatoms. The molecule has 8 amide bonds. The van der Waals surface area contributed by atoms with Gasteiger partial charge in [-0.05, 0) is 70.8 Å². The number of carboxylic acids is 3. The van der Waals surface area contributed by atoms with Crippen molar-refractivity contribution < 1.29 is 73.2 Å². The van der Waals surface area contributed by atoms with Crippen molar-refractivity contribution in [2.45, 2.75) is 147 Å². The number of unbranched alkanes of at least 4 members (excludes halogenated alkanes) is 1. The average Bonchev–Trinajstić information content (AvgIpc) is 3.69. The quantitative estimate of drug-likeness (QED) is 0.0330. The molecule has 0 aromatic rings. The summed E-state index contributed by atoms with van der Waals surface area (Å²) in [5, 5.41) is 55.4. The Hall–Kier alpha value is -5.95. The number of aliphatic carboxylic acids is 3. The minimum atomic E-state index is -1.82. The molecule has 1 rings (SSSR count). The van der Waals surface area contributed by atoms with Crippen molar-refractivity contribution in [3.63, 3.8) is 0 Å². The van der Waals surface area contributed by atoms with Crippen LogP contribution >= 0.6 is 0 Å². The average molecular weight is 915 g/mol. The number of aliphatic hydroxyl groups is 1. The van der Waals surface area contributed by atoms with Gasteiger partial charge in [0, 0.05) is 6.54 Å². The minimum Gasteiger partial charge on any atom is -0.481 e. The van der Waals surface area contributed by atoms with E-state index in [4.69, 9.17) is 11.5 Å². The molecule has 1 heterocycles. The molecule has 0 spiro atoms. The third-order valence-corrected chi connectivity index (χ3v) is 9.91. The summed E-state index contributed by atoms with van der Waals surface area (Å²) >= 11 is 0. The molecular weight excluding hydrogens is 848 g/mol. The number of likely N-dealkylation sites (tertiary alicyclic amines) is 1. The molecule has 15 N–H and O–H groups in total. The van der Waals surface area contributed by atoms with Crippen LogP contribution in [-0.2, 0) is 52.7 Å². The van der Waals surface area contributed by atoms with Gasteiger partial charge in [-0.25, -0.2) is 4.79 Å². The largest absolute Gasteiger partial charge is 0.481 e. The molecule has 1 aliphatic heterocycles. The van der Waals surface area contributed by atoms with Crippen LogP contribution in [0.15, 0.2) is 0 Å². The van der Waals surface area contributed by atoms with Gasteiger partial charge in [-0.15, -0.1) is 0 Å². The van der Waals surface area contributed by atoms with Gasteiger partial charge in [-0.2, -0.15) is 0 Å². The number of nitrogens with two attached hydrogens (primary N) is 2. The van der Waals surface area contributed by atoms with Gasteiger partial charge in [-0.1, -0.05) is 27.7 Å².